The monoisotopic (exact) mass is 438 g/mol. The topological polar surface area (TPSA) is 20.2 Å². The zero-order valence-corrected chi connectivity index (χ0v) is 13.9. The summed E-state index contributed by atoms with van der Waals surface area (Å²) in [4.78, 5) is 0. The van der Waals surface area contributed by atoms with E-state index in [4.69, 9.17) is 0 Å². The first-order valence-corrected chi connectivity index (χ1v) is 7.86. The van der Waals surface area contributed by atoms with Crippen LogP contribution in [0.25, 0.3) is 0 Å². The van der Waals surface area contributed by atoms with Crippen LogP contribution >= 0.6 is 0 Å². The van der Waals surface area contributed by atoms with Crippen LogP contribution in [0.2, 0.25) is 0 Å². The van der Waals surface area contributed by atoms with E-state index in [9.17, 15) is 57.8 Å². The highest BCUT2D eigenvalue weighted by molar-refractivity contribution is 5.20. The number of halogens is 12. The predicted octanol–water partition coefficient (Wildman–Crippen LogP) is 5.80. The molecule has 0 amide bonds. The second-order valence-electron chi connectivity index (χ2n) is 7.43. The zero-order valence-electron chi connectivity index (χ0n) is 13.9. The van der Waals surface area contributed by atoms with Gasteiger partial charge in [-0.1, -0.05) is 12.2 Å². The molecule has 0 aromatic rings. The largest absolute Gasteiger partial charge is 0.426 e. The first kappa shape index (κ1) is 23.1. The van der Waals surface area contributed by atoms with Crippen LogP contribution in [-0.4, -0.2) is 35.4 Å². The van der Waals surface area contributed by atoms with E-state index in [1.54, 1.807) is 0 Å². The molecular formula is C15H14F12O. The molecule has 1 N–H and O–H groups in total. The lowest BCUT2D eigenvalue weighted by molar-refractivity contribution is -0.394. The number of aliphatic hydroxyl groups is 1. The Morgan fingerprint density at radius 3 is 1.46 bits per heavy atom. The number of allylic oxidation sites excluding steroid dienone is 2. The summed E-state index contributed by atoms with van der Waals surface area (Å²) in [5.74, 6) is -8.30. The minimum atomic E-state index is -6.35. The van der Waals surface area contributed by atoms with E-state index >= 15 is 0 Å². The van der Waals surface area contributed by atoms with Crippen molar-refractivity contribution in [1.82, 2.24) is 0 Å². The smallest absolute Gasteiger partial charge is 0.373 e. The summed E-state index contributed by atoms with van der Waals surface area (Å²) < 4.78 is 158. The molecule has 28 heavy (non-hydrogen) atoms. The number of hydrogen-bond donors (Lipinski definition) is 1. The maximum absolute atomic E-state index is 13.2. The van der Waals surface area contributed by atoms with Gasteiger partial charge < -0.3 is 5.11 Å². The van der Waals surface area contributed by atoms with Crippen molar-refractivity contribution in [1.29, 1.82) is 0 Å². The van der Waals surface area contributed by atoms with Crippen molar-refractivity contribution in [2.45, 2.75) is 50.1 Å². The van der Waals surface area contributed by atoms with Crippen LogP contribution in [-0.2, 0) is 0 Å². The third kappa shape index (κ3) is 3.17. The Bertz CT molecular complexity index is 595. The van der Waals surface area contributed by atoms with Crippen LogP contribution in [0.5, 0.6) is 0 Å². The summed E-state index contributed by atoms with van der Waals surface area (Å²) in [5, 5.41) is 9.63. The molecule has 0 aliphatic heterocycles. The van der Waals surface area contributed by atoms with Crippen LogP contribution in [0, 0.1) is 29.1 Å². The van der Waals surface area contributed by atoms with E-state index < -0.39 is 72.2 Å². The lowest BCUT2D eigenvalue weighted by Gasteiger charge is -2.45. The van der Waals surface area contributed by atoms with Crippen molar-refractivity contribution in [3.63, 3.8) is 0 Å². The fourth-order valence-electron chi connectivity index (χ4n) is 4.22. The van der Waals surface area contributed by atoms with Gasteiger partial charge in [-0.3, -0.25) is 0 Å². The van der Waals surface area contributed by atoms with Crippen LogP contribution in [0.4, 0.5) is 52.7 Å². The number of rotatable bonds is 3. The highest BCUT2D eigenvalue weighted by Crippen LogP contribution is 2.64. The maximum atomic E-state index is 13.2. The van der Waals surface area contributed by atoms with Crippen LogP contribution in [0.1, 0.15) is 19.8 Å². The zero-order chi connectivity index (χ0) is 22.1. The Kier molecular flexibility index (Phi) is 5.11. The summed E-state index contributed by atoms with van der Waals surface area (Å²) in [7, 11) is 0. The fourth-order valence-corrected chi connectivity index (χ4v) is 4.22. The normalized spacial score (nSPS) is 29.6. The van der Waals surface area contributed by atoms with Crippen LogP contribution < -0.4 is 0 Å². The second-order valence-corrected chi connectivity index (χ2v) is 7.43. The van der Waals surface area contributed by atoms with Crippen molar-refractivity contribution in [2.24, 2.45) is 29.1 Å². The van der Waals surface area contributed by atoms with E-state index in [-0.39, 0.29) is 6.92 Å². The van der Waals surface area contributed by atoms with E-state index in [0.717, 1.165) is 12.2 Å². The van der Waals surface area contributed by atoms with E-state index in [0.29, 0.717) is 0 Å². The minimum Gasteiger partial charge on any atom is -0.373 e. The van der Waals surface area contributed by atoms with E-state index in [1.165, 1.54) is 0 Å². The van der Waals surface area contributed by atoms with Gasteiger partial charge in [0, 0.05) is 5.92 Å². The molecule has 2 bridgehead atoms. The third-order valence-corrected chi connectivity index (χ3v) is 5.86. The molecule has 0 heterocycles. The quantitative estimate of drug-likeness (QED) is 0.436. The first-order chi connectivity index (χ1) is 12.2. The summed E-state index contributed by atoms with van der Waals surface area (Å²) in [6.45, 7) is -0.306. The molecule has 0 radical (unpaired) electrons. The summed E-state index contributed by atoms with van der Waals surface area (Å²) in [6, 6.07) is 0. The average molecular weight is 438 g/mol. The Balaban J connectivity index is 2.59. The van der Waals surface area contributed by atoms with Crippen molar-refractivity contribution in [3.05, 3.63) is 12.2 Å². The molecule has 13 heteroatoms. The Labute approximate surface area is 150 Å². The average Bonchev–Trinajstić information content (AvgIpc) is 3.02. The summed E-state index contributed by atoms with van der Waals surface area (Å²) >= 11 is 0. The van der Waals surface area contributed by atoms with Gasteiger partial charge in [0.2, 0.25) is 0 Å². The van der Waals surface area contributed by atoms with Gasteiger partial charge in [-0.25, -0.2) is 0 Å². The SMILES string of the molecule is CC(CC1C2C=CC(C2)C1C(O)(C(F)(F)F)C(F)(F)F)(C(F)(F)F)C(F)(F)F. The van der Waals surface area contributed by atoms with E-state index in [1.807, 2.05) is 0 Å². The van der Waals surface area contributed by atoms with Gasteiger partial charge in [0.05, 0.1) is 0 Å². The highest BCUT2D eigenvalue weighted by Gasteiger charge is 2.78. The molecule has 0 aromatic carbocycles. The first-order valence-electron chi connectivity index (χ1n) is 7.86. The molecular weight excluding hydrogens is 424 g/mol. The van der Waals surface area contributed by atoms with Gasteiger partial charge in [-0.05, 0) is 37.5 Å². The molecule has 0 aromatic heterocycles. The molecule has 2 rings (SSSR count). The van der Waals surface area contributed by atoms with Gasteiger partial charge in [0.25, 0.3) is 5.60 Å². The van der Waals surface area contributed by atoms with Gasteiger partial charge in [-0.15, -0.1) is 0 Å². The fraction of sp³-hybridized carbons (Fsp3) is 0.867. The predicted molar refractivity (Wildman–Crippen MR) is 69.6 cm³/mol. The molecule has 0 spiro atoms. The highest BCUT2D eigenvalue weighted by atomic mass is 19.4. The van der Waals surface area contributed by atoms with E-state index in [2.05, 4.69) is 0 Å². The van der Waals surface area contributed by atoms with Crippen molar-refractivity contribution in [2.75, 3.05) is 0 Å². The number of fused-ring (bicyclic) bond motifs is 2. The Hall–Kier alpha value is -1.14. The second kappa shape index (κ2) is 6.18. The Morgan fingerprint density at radius 2 is 1.11 bits per heavy atom. The molecule has 4 atom stereocenters. The van der Waals surface area contributed by atoms with Gasteiger partial charge >= 0.3 is 24.7 Å². The number of hydrogen-bond acceptors (Lipinski definition) is 1. The molecule has 1 nitrogen and oxygen atoms in total. The van der Waals surface area contributed by atoms with Crippen molar-refractivity contribution in [3.8, 4) is 0 Å². The molecule has 2 aliphatic carbocycles. The van der Waals surface area contributed by atoms with Crippen LogP contribution in [0.3, 0.4) is 0 Å². The maximum Gasteiger partial charge on any atom is 0.426 e. The molecule has 0 saturated heterocycles. The third-order valence-electron chi connectivity index (χ3n) is 5.86. The number of alkyl halides is 12. The molecule has 2 aliphatic rings. The lowest BCUT2D eigenvalue weighted by Crippen LogP contribution is -2.64. The molecule has 1 fully saturated rings. The minimum absolute atomic E-state index is 0.306. The van der Waals surface area contributed by atoms with Crippen molar-refractivity contribution < 1.29 is 57.8 Å². The standard InChI is InChI=1S/C15H14F12O/c1-10(12(16,17)18,13(19,20)21)5-8-6-2-3-7(4-6)9(8)11(28,14(22,23)24)15(25,26)27/h2-3,6-9,28H,4-5H2,1H3. The lowest BCUT2D eigenvalue weighted by atomic mass is 9.65. The van der Waals surface area contributed by atoms with Gasteiger partial charge in [-0.2, -0.15) is 52.7 Å². The molecule has 1 saturated carbocycles. The van der Waals surface area contributed by atoms with Crippen molar-refractivity contribution >= 4 is 0 Å². The van der Waals surface area contributed by atoms with Gasteiger partial charge in [0.15, 0.2) is 5.41 Å². The summed E-state index contributed by atoms with van der Waals surface area (Å²) in [5.41, 5.74) is -9.98. The van der Waals surface area contributed by atoms with Crippen LogP contribution in [0.15, 0.2) is 12.2 Å². The molecule has 4 unspecified atom stereocenters. The Morgan fingerprint density at radius 1 is 0.714 bits per heavy atom. The molecule has 164 valence electrons. The summed E-state index contributed by atoms with van der Waals surface area (Å²) in [6.07, 6.45) is -25.3. The van der Waals surface area contributed by atoms with Gasteiger partial charge in [0.1, 0.15) is 0 Å².